The van der Waals surface area contributed by atoms with Gasteiger partial charge in [0, 0.05) is 13.0 Å². The van der Waals surface area contributed by atoms with Gasteiger partial charge in [0.2, 0.25) is 0 Å². The lowest BCUT2D eigenvalue weighted by atomic mass is 10.1. The van der Waals surface area contributed by atoms with E-state index in [2.05, 4.69) is 20.3 Å². The molecule has 2 aromatic rings. The first-order chi connectivity index (χ1) is 13.2. The minimum Gasteiger partial charge on any atom is -0.480 e. The number of amides is 1. The maximum atomic E-state index is 12.0. The van der Waals surface area contributed by atoms with Gasteiger partial charge in [-0.25, -0.2) is 24.5 Å². The van der Waals surface area contributed by atoms with Crippen LogP contribution in [0.3, 0.4) is 0 Å². The number of alkyl carbamates (subject to hydrolysis) is 1. The molecule has 1 aliphatic heterocycles. The van der Waals surface area contributed by atoms with Crippen LogP contribution in [0.25, 0.3) is 11.2 Å². The molecule has 2 N–H and O–H groups in total. The lowest BCUT2D eigenvalue weighted by molar-refractivity contribution is -0.139. The molecule has 152 valence electrons. The highest BCUT2D eigenvalue weighted by Gasteiger charge is 2.27. The average Bonchev–Trinajstić information content (AvgIpc) is 3.05. The average molecular weight is 391 g/mol. The molecule has 0 aliphatic carbocycles. The third-order valence-corrected chi connectivity index (χ3v) is 4.29. The summed E-state index contributed by atoms with van der Waals surface area (Å²) in [5.74, 6) is -1.19. The zero-order valence-electron chi connectivity index (χ0n) is 16.2. The highest BCUT2D eigenvalue weighted by atomic mass is 16.6. The number of imidazole rings is 1. The number of carboxylic acid groups (broad SMARTS) is 1. The molecule has 3 heterocycles. The van der Waals surface area contributed by atoms with E-state index in [4.69, 9.17) is 9.47 Å². The van der Waals surface area contributed by atoms with Crippen LogP contribution in [0, 0.1) is 0 Å². The summed E-state index contributed by atoms with van der Waals surface area (Å²) >= 11 is 0. The normalized spacial score (nSPS) is 18.6. The van der Waals surface area contributed by atoms with Gasteiger partial charge in [-0.05, 0) is 40.0 Å². The summed E-state index contributed by atoms with van der Waals surface area (Å²) in [6.45, 7) is 5.80. The maximum Gasteiger partial charge on any atom is 0.408 e. The predicted molar refractivity (Wildman–Crippen MR) is 98.7 cm³/mol. The van der Waals surface area contributed by atoms with Gasteiger partial charge in [0.25, 0.3) is 0 Å². The van der Waals surface area contributed by atoms with Crippen LogP contribution in [-0.4, -0.2) is 54.9 Å². The van der Waals surface area contributed by atoms with E-state index in [1.807, 2.05) is 4.57 Å². The number of aromatic nitrogens is 4. The van der Waals surface area contributed by atoms with Crippen LogP contribution in [0.15, 0.2) is 12.7 Å². The molecule has 3 rings (SSSR count). The van der Waals surface area contributed by atoms with Gasteiger partial charge in [-0.3, -0.25) is 4.57 Å². The number of rotatable bonds is 5. The third kappa shape index (κ3) is 4.75. The molecule has 2 aromatic heterocycles. The first-order valence-electron chi connectivity index (χ1n) is 9.25. The smallest absolute Gasteiger partial charge is 0.408 e. The fourth-order valence-corrected chi connectivity index (χ4v) is 3.05. The lowest BCUT2D eigenvalue weighted by Gasteiger charge is -2.23. The monoisotopic (exact) mass is 391 g/mol. The van der Waals surface area contributed by atoms with Crippen molar-refractivity contribution in [1.82, 2.24) is 24.8 Å². The topological polar surface area (TPSA) is 128 Å². The number of carboxylic acids is 1. The Morgan fingerprint density at radius 3 is 2.79 bits per heavy atom. The summed E-state index contributed by atoms with van der Waals surface area (Å²) < 4.78 is 12.8. The van der Waals surface area contributed by atoms with E-state index in [0.29, 0.717) is 23.5 Å². The highest BCUT2D eigenvalue weighted by molar-refractivity contribution is 5.81. The number of fused-ring (bicyclic) bond motifs is 1. The van der Waals surface area contributed by atoms with Crippen molar-refractivity contribution in [3.05, 3.63) is 18.3 Å². The molecule has 0 spiro atoms. The van der Waals surface area contributed by atoms with Crippen molar-refractivity contribution in [2.24, 2.45) is 0 Å². The van der Waals surface area contributed by atoms with Crippen LogP contribution < -0.4 is 5.32 Å². The largest absolute Gasteiger partial charge is 0.480 e. The van der Waals surface area contributed by atoms with Crippen LogP contribution in [0.1, 0.15) is 52.0 Å². The molecule has 1 saturated heterocycles. The third-order valence-electron chi connectivity index (χ3n) is 4.29. The zero-order valence-corrected chi connectivity index (χ0v) is 16.2. The Balaban J connectivity index is 1.81. The Bertz CT molecular complexity index is 854. The molecule has 0 saturated carbocycles. The Morgan fingerprint density at radius 2 is 2.14 bits per heavy atom. The van der Waals surface area contributed by atoms with Gasteiger partial charge in [0.15, 0.2) is 5.65 Å². The van der Waals surface area contributed by atoms with E-state index in [1.165, 1.54) is 6.33 Å². The molecule has 28 heavy (non-hydrogen) atoms. The van der Waals surface area contributed by atoms with Crippen molar-refractivity contribution in [2.75, 3.05) is 6.61 Å². The molecular formula is C18H25N5O5. The second-order valence-electron chi connectivity index (χ2n) is 7.71. The first-order valence-corrected chi connectivity index (χ1v) is 9.25. The number of carbonyl (C=O) groups is 2. The standard InChI is InChI=1S/C18H25N5O5/c1-18(2,3)28-17(26)22-12(16(24)25)8-11-14-15(20-9-19-11)23(10-21-14)13-6-4-5-7-27-13/h9-10,12-13H,4-8H2,1-3H3,(H,22,26)(H,24,25)/t12-,13?/m0/s1. The molecular weight excluding hydrogens is 366 g/mol. The molecule has 10 heteroatoms. The summed E-state index contributed by atoms with van der Waals surface area (Å²) in [4.78, 5) is 36.4. The Labute approximate surface area is 162 Å². The van der Waals surface area contributed by atoms with E-state index in [1.54, 1.807) is 27.1 Å². The van der Waals surface area contributed by atoms with Crippen molar-refractivity contribution in [1.29, 1.82) is 0 Å². The summed E-state index contributed by atoms with van der Waals surface area (Å²) in [7, 11) is 0. The Morgan fingerprint density at radius 1 is 1.36 bits per heavy atom. The van der Waals surface area contributed by atoms with Gasteiger partial charge in [-0.15, -0.1) is 0 Å². The SMILES string of the molecule is CC(C)(C)OC(=O)N[C@@H](Cc1ncnc2c1ncn2C1CCCCO1)C(=O)O. The van der Waals surface area contributed by atoms with Gasteiger partial charge < -0.3 is 19.9 Å². The Kier molecular flexibility index (Phi) is 5.78. The molecule has 1 amide bonds. The number of nitrogens with one attached hydrogen (secondary N) is 1. The number of carbonyl (C=O) groups excluding carboxylic acids is 1. The van der Waals surface area contributed by atoms with Crippen molar-refractivity contribution in [3.63, 3.8) is 0 Å². The van der Waals surface area contributed by atoms with Crippen LogP contribution in [0.2, 0.25) is 0 Å². The molecule has 1 aliphatic rings. The van der Waals surface area contributed by atoms with Crippen LogP contribution in [0.4, 0.5) is 4.79 Å². The first kappa shape index (κ1) is 20.0. The molecule has 0 bridgehead atoms. The van der Waals surface area contributed by atoms with Gasteiger partial charge in [0.1, 0.15) is 29.7 Å². The summed E-state index contributed by atoms with van der Waals surface area (Å²) in [5, 5.41) is 11.9. The number of ether oxygens (including phenoxy) is 2. The van der Waals surface area contributed by atoms with Crippen molar-refractivity contribution < 1.29 is 24.2 Å². The maximum absolute atomic E-state index is 12.0. The molecule has 2 atom stereocenters. The minimum absolute atomic E-state index is 0.0455. The summed E-state index contributed by atoms with van der Waals surface area (Å²) in [5.41, 5.74) is 0.781. The number of hydrogen-bond acceptors (Lipinski definition) is 7. The van der Waals surface area contributed by atoms with E-state index in [9.17, 15) is 14.7 Å². The fraction of sp³-hybridized carbons (Fsp3) is 0.611. The van der Waals surface area contributed by atoms with E-state index < -0.39 is 23.7 Å². The van der Waals surface area contributed by atoms with Crippen molar-refractivity contribution in [3.8, 4) is 0 Å². The fourth-order valence-electron chi connectivity index (χ4n) is 3.05. The van der Waals surface area contributed by atoms with Crippen LogP contribution in [-0.2, 0) is 20.7 Å². The van der Waals surface area contributed by atoms with Gasteiger partial charge in [-0.1, -0.05) is 0 Å². The van der Waals surface area contributed by atoms with E-state index >= 15 is 0 Å². The number of nitrogens with zero attached hydrogens (tertiary/aromatic N) is 4. The summed E-state index contributed by atoms with van der Waals surface area (Å²) in [6, 6.07) is -1.20. The van der Waals surface area contributed by atoms with Gasteiger partial charge in [0.05, 0.1) is 12.0 Å². The van der Waals surface area contributed by atoms with E-state index in [-0.39, 0.29) is 12.6 Å². The minimum atomic E-state index is -1.20. The highest BCUT2D eigenvalue weighted by Crippen LogP contribution is 2.26. The molecule has 1 fully saturated rings. The van der Waals surface area contributed by atoms with Crippen LogP contribution in [0.5, 0.6) is 0 Å². The zero-order chi connectivity index (χ0) is 20.3. The predicted octanol–water partition coefficient (Wildman–Crippen LogP) is 2.05. The lowest BCUT2D eigenvalue weighted by Crippen LogP contribution is -2.44. The Hall–Kier alpha value is -2.75. The van der Waals surface area contributed by atoms with Crippen molar-refractivity contribution in [2.45, 2.75) is 64.3 Å². The van der Waals surface area contributed by atoms with Crippen LogP contribution >= 0.6 is 0 Å². The quantitative estimate of drug-likeness (QED) is 0.792. The number of aliphatic carboxylic acids is 1. The molecule has 1 unspecified atom stereocenters. The molecule has 10 nitrogen and oxygen atoms in total. The molecule has 0 radical (unpaired) electrons. The van der Waals surface area contributed by atoms with Crippen molar-refractivity contribution >= 4 is 23.2 Å². The second kappa shape index (κ2) is 8.09. The van der Waals surface area contributed by atoms with Gasteiger partial charge in [-0.2, -0.15) is 0 Å². The number of hydrogen-bond donors (Lipinski definition) is 2. The summed E-state index contributed by atoms with van der Waals surface area (Å²) in [6.07, 6.45) is 4.96. The second-order valence-corrected chi connectivity index (χ2v) is 7.71. The van der Waals surface area contributed by atoms with Gasteiger partial charge >= 0.3 is 12.1 Å². The molecule has 0 aromatic carbocycles. The van der Waals surface area contributed by atoms with E-state index in [0.717, 1.165) is 19.3 Å².